The molecule has 14 heteroatoms. The number of halogens is 6. The van der Waals surface area contributed by atoms with E-state index in [9.17, 15) is 35.9 Å². The summed E-state index contributed by atoms with van der Waals surface area (Å²) in [5, 5.41) is 4.25. The van der Waals surface area contributed by atoms with Gasteiger partial charge >= 0.3 is 12.4 Å². The molecule has 2 N–H and O–H groups in total. The van der Waals surface area contributed by atoms with Crippen LogP contribution in [0.25, 0.3) is 17.0 Å². The third-order valence-electron chi connectivity index (χ3n) is 7.22. The Morgan fingerprint density at radius 1 is 1.02 bits per heavy atom. The van der Waals surface area contributed by atoms with Crippen molar-refractivity contribution < 1.29 is 40.7 Å². The van der Waals surface area contributed by atoms with Crippen LogP contribution < -0.4 is 5.73 Å². The first-order chi connectivity index (χ1) is 19.2. The van der Waals surface area contributed by atoms with Crippen LogP contribution in [0.3, 0.4) is 0 Å². The summed E-state index contributed by atoms with van der Waals surface area (Å²) in [6, 6.07) is 6.36. The SMILES string of the molecule is NC1(CCN2C(=O)S/C(=C\c3ccc4c(cnn4Cc4ccc(C(F)(F)F)cc4C(F)(F)F)c3)C2=O)CCOCC1. The Balaban J connectivity index is 1.34. The fourth-order valence-electron chi connectivity index (χ4n) is 4.84. The summed E-state index contributed by atoms with van der Waals surface area (Å²) >= 11 is 0.807. The molecule has 0 radical (unpaired) electrons. The third kappa shape index (κ3) is 6.28. The molecule has 0 aliphatic carbocycles. The van der Waals surface area contributed by atoms with Gasteiger partial charge in [0.25, 0.3) is 11.1 Å². The highest BCUT2D eigenvalue weighted by Crippen LogP contribution is 2.38. The molecule has 2 aromatic carbocycles. The maximum absolute atomic E-state index is 13.6. The number of hydrogen-bond donors (Lipinski definition) is 1. The average molecular weight is 599 g/mol. The van der Waals surface area contributed by atoms with Crippen molar-refractivity contribution in [3.63, 3.8) is 0 Å². The van der Waals surface area contributed by atoms with Crippen LogP contribution in [0.4, 0.5) is 31.1 Å². The van der Waals surface area contributed by atoms with Crippen molar-refractivity contribution in [3.05, 3.63) is 69.8 Å². The lowest BCUT2D eigenvalue weighted by Gasteiger charge is -2.34. The molecule has 2 amide bonds. The van der Waals surface area contributed by atoms with E-state index in [-0.39, 0.29) is 23.1 Å². The van der Waals surface area contributed by atoms with Crippen LogP contribution in [0.15, 0.2) is 47.5 Å². The van der Waals surface area contributed by atoms with Crippen molar-refractivity contribution in [2.75, 3.05) is 19.8 Å². The molecule has 1 aromatic heterocycles. The van der Waals surface area contributed by atoms with Gasteiger partial charge in [0.15, 0.2) is 0 Å². The van der Waals surface area contributed by atoms with Crippen LogP contribution in [0, 0.1) is 0 Å². The Bertz CT molecular complexity index is 1530. The molecule has 2 aliphatic heterocycles. The van der Waals surface area contributed by atoms with E-state index in [0.29, 0.717) is 55.0 Å². The first kappa shape index (κ1) is 29.1. The number of fused-ring (bicyclic) bond motifs is 1. The molecule has 41 heavy (non-hydrogen) atoms. The zero-order chi connectivity index (χ0) is 29.6. The first-order valence-corrected chi connectivity index (χ1v) is 13.4. The second-order valence-electron chi connectivity index (χ2n) is 10.0. The average Bonchev–Trinajstić information content (AvgIpc) is 3.41. The molecule has 7 nitrogen and oxygen atoms in total. The fraction of sp³-hybridized carbons (Fsp3) is 0.370. The van der Waals surface area contributed by atoms with Crippen molar-refractivity contribution in [2.45, 2.75) is 43.7 Å². The number of amides is 2. The predicted molar refractivity (Wildman–Crippen MR) is 140 cm³/mol. The number of aromatic nitrogens is 2. The second-order valence-corrected chi connectivity index (χ2v) is 11.0. The lowest BCUT2D eigenvalue weighted by molar-refractivity contribution is -0.143. The highest BCUT2D eigenvalue weighted by Gasteiger charge is 2.39. The van der Waals surface area contributed by atoms with Gasteiger partial charge in [0, 0.05) is 30.7 Å². The van der Waals surface area contributed by atoms with Crippen molar-refractivity contribution in [1.29, 1.82) is 0 Å². The topological polar surface area (TPSA) is 90.5 Å². The van der Waals surface area contributed by atoms with Gasteiger partial charge in [-0.1, -0.05) is 12.1 Å². The summed E-state index contributed by atoms with van der Waals surface area (Å²) in [6.45, 7) is 0.841. The number of benzene rings is 2. The van der Waals surface area contributed by atoms with Gasteiger partial charge < -0.3 is 10.5 Å². The predicted octanol–water partition coefficient (Wildman–Crippen LogP) is 6.06. The minimum Gasteiger partial charge on any atom is -0.381 e. The van der Waals surface area contributed by atoms with E-state index in [0.717, 1.165) is 17.8 Å². The molecule has 3 heterocycles. The molecule has 0 unspecified atom stereocenters. The molecule has 0 saturated carbocycles. The van der Waals surface area contributed by atoms with E-state index in [1.807, 2.05) is 0 Å². The van der Waals surface area contributed by atoms with Gasteiger partial charge in [0.05, 0.1) is 34.3 Å². The normalized spacial score (nSPS) is 19.1. The van der Waals surface area contributed by atoms with Crippen LogP contribution in [-0.2, 0) is 28.4 Å². The van der Waals surface area contributed by atoms with Crippen molar-refractivity contribution in [2.24, 2.45) is 5.73 Å². The van der Waals surface area contributed by atoms with Gasteiger partial charge in [-0.2, -0.15) is 31.4 Å². The summed E-state index contributed by atoms with van der Waals surface area (Å²) < 4.78 is 86.4. The van der Waals surface area contributed by atoms with Gasteiger partial charge in [-0.3, -0.25) is 19.2 Å². The minimum atomic E-state index is -4.99. The van der Waals surface area contributed by atoms with E-state index >= 15 is 0 Å². The largest absolute Gasteiger partial charge is 0.416 e. The molecular formula is C27H24F6N4O3S. The van der Waals surface area contributed by atoms with Gasteiger partial charge in [0.2, 0.25) is 0 Å². The number of ether oxygens (including phenoxy) is 1. The number of imide groups is 1. The Kier molecular flexibility index (Phi) is 7.68. The van der Waals surface area contributed by atoms with E-state index in [1.165, 1.54) is 15.8 Å². The summed E-state index contributed by atoms with van der Waals surface area (Å²) in [6.07, 6.45) is -5.21. The van der Waals surface area contributed by atoms with Crippen molar-refractivity contribution in [3.8, 4) is 0 Å². The van der Waals surface area contributed by atoms with Crippen molar-refractivity contribution in [1.82, 2.24) is 14.7 Å². The number of alkyl halides is 6. The van der Waals surface area contributed by atoms with Gasteiger partial charge in [0.1, 0.15) is 0 Å². The number of carbonyl (C=O) groups is 2. The third-order valence-corrected chi connectivity index (χ3v) is 8.13. The van der Waals surface area contributed by atoms with E-state index in [1.54, 1.807) is 24.3 Å². The number of rotatable bonds is 6. The molecule has 0 atom stereocenters. The molecule has 2 aliphatic rings. The summed E-state index contributed by atoms with van der Waals surface area (Å²) in [5.41, 5.74) is 3.74. The van der Waals surface area contributed by atoms with Crippen LogP contribution >= 0.6 is 11.8 Å². The van der Waals surface area contributed by atoms with Gasteiger partial charge in [-0.05, 0) is 72.5 Å². The summed E-state index contributed by atoms with van der Waals surface area (Å²) in [4.78, 5) is 26.9. The lowest BCUT2D eigenvalue weighted by Crippen LogP contribution is -2.47. The molecular weight excluding hydrogens is 574 g/mol. The zero-order valence-corrected chi connectivity index (χ0v) is 22.2. The molecule has 3 aromatic rings. The second kappa shape index (κ2) is 10.8. The standard InChI is InChI=1S/C27H24F6N4O3S/c28-26(29,30)19-3-2-17(20(13-19)27(31,32)33)15-37-21-4-1-16(11-18(21)14-35-37)12-22-23(38)36(24(39)41-22)8-5-25(34)6-9-40-10-7-25/h1-4,11-14H,5-10,15,34H2/b22-12-. The van der Waals surface area contributed by atoms with Crippen LogP contribution in [-0.4, -0.2) is 51.1 Å². The van der Waals surface area contributed by atoms with E-state index in [2.05, 4.69) is 5.10 Å². The molecule has 2 saturated heterocycles. The van der Waals surface area contributed by atoms with Crippen LogP contribution in [0.5, 0.6) is 0 Å². The van der Waals surface area contributed by atoms with E-state index < -0.39 is 46.7 Å². The molecule has 218 valence electrons. The minimum absolute atomic E-state index is 0.100. The highest BCUT2D eigenvalue weighted by molar-refractivity contribution is 8.18. The zero-order valence-electron chi connectivity index (χ0n) is 21.4. The molecule has 5 rings (SSSR count). The molecule has 0 bridgehead atoms. The Labute approximate surface area is 234 Å². The van der Waals surface area contributed by atoms with Crippen LogP contribution in [0.2, 0.25) is 0 Å². The monoisotopic (exact) mass is 598 g/mol. The number of nitrogens with two attached hydrogens (primary N) is 1. The maximum atomic E-state index is 13.6. The summed E-state index contributed by atoms with van der Waals surface area (Å²) in [5.74, 6) is -0.437. The highest BCUT2D eigenvalue weighted by atomic mass is 32.2. The number of carbonyl (C=O) groups excluding carboxylic acids is 2. The Hall–Kier alpha value is -3.36. The van der Waals surface area contributed by atoms with Crippen LogP contribution in [0.1, 0.15) is 41.5 Å². The molecule has 2 fully saturated rings. The number of thioether (sulfide) groups is 1. The lowest BCUT2D eigenvalue weighted by atomic mass is 9.88. The van der Waals surface area contributed by atoms with Gasteiger partial charge in [-0.25, -0.2) is 0 Å². The van der Waals surface area contributed by atoms with Gasteiger partial charge in [-0.15, -0.1) is 0 Å². The fourth-order valence-corrected chi connectivity index (χ4v) is 5.71. The quantitative estimate of drug-likeness (QED) is 0.274. The first-order valence-electron chi connectivity index (χ1n) is 12.6. The number of nitrogens with zero attached hydrogens (tertiary/aromatic N) is 3. The number of hydrogen-bond acceptors (Lipinski definition) is 6. The smallest absolute Gasteiger partial charge is 0.381 e. The van der Waals surface area contributed by atoms with E-state index in [4.69, 9.17) is 10.5 Å². The van der Waals surface area contributed by atoms with Crippen molar-refractivity contribution >= 4 is 39.9 Å². The maximum Gasteiger partial charge on any atom is 0.416 e. The molecule has 0 spiro atoms. The summed E-state index contributed by atoms with van der Waals surface area (Å²) in [7, 11) is 0. The Morgan fingerprint density at radius 2 is 1.76 bits per heavy atom. The Morgan fingerprint density at radius 3 is 2.44 bits per heavy atom.